The number of rotatable bonds is 3. The van der Waals surface area contributed by atoms with Gasteiger partial charge in [0.2, 0.25) is 0 Å². The number of hydrogen-bond donors (Lipinski definition) is 1. The van der Waals surface area contributed by atoms with Gasteiger partial charge in [-0.2, -0.15) is 0 Å². The highest BCUT2D eigenvalue weighted by atomic mass is 16.5. The van der Waals surface area contributed by atoms with Crippen LogP contribution in [0.4, 0.5) is 0 Å². The van der Waals surface area contributed by atoms with Gasteiger partial charge in [0.1, 0.15) is 0 Å². The summed E-state index contributed by atoms with van der Waals surface area (Å²) in [6.07, 6.45) is 6.08. The van der Waals surface area contributed by atoms with Gasteiger partial charge in [0.05, 0.1) is 23.9 Å². The van der Waals surface area contributed by atoms with E-state index in [1.807, 2.05) is 24.3 Å². The normalized spacial score (nSPS) is 23.6. The Bertz CT molecular complexity index is 570. The van der Waals surface area contributed by atoms with Crippen LogP contribution in [0, 0.1) is 0 Å². The lowest BCUT2D eigenvalue weighted by Gasteiger charge is -2.21. The fraction of sp³-hybridized carbons (Fsp3) is 0.471. The summed E-state index contributed by atoms with van der Waals surface area (Å²) >= 11 is 0. The molecule has 2 aromatic rings. The molecule has 1 fully saturated rings. The second-order valence-corrected chi connectivity index (χ2v) is 5.65. The molecule has 3 rings (SSSR count). The number of nitrogens with zero attached hydrogens (tertiary/aromatic N) is 1. The molecule has 0 radical (unpaired) electrons. The minimum absolute atomic E-state index is 0.179. The molecule has 1 saturated carbocycles. The average Bonchev–Trinajstić information content (AvgIpc) is 2.69. The minimum Gasteiger partial charge on any atom is -0.370 e. The van der Waals surface area contributed by atoms with Crippen molar-refractivity contribution in [3.8, 4) is 0 Å². The van der Waals surface area contributed by atoms with Gasteiger partial charge in [-0.15, -0.1) is 0 Å². The van der Waals surface area contributed by atoms with Crippen molar-refractivity contribution in [2.24, 2.45) is 5.73 Å². The van der Waals surface area contributed by atoms with Gasteiger partial charge in [-0.05, 0) is 25.0 Å². The van der Waals surface area contributed by atoms with Crippen molar-refractivity contribution >= 4 is 10.9 Å². The Morgan fingerprint density at radius 2 is 1.90 bits per heavy atom. The first-order valence-corrected chi connectivity index (χ1v) is 7.55. The zero-order valence-corrected chi connectivity index (χ0v) is 11.8. The summed E-state index contributed by atoms with van der Waals surface area (Å²) < 4.78 is 6.02. The lowest BCUT2D eigenvalue weighted by atomic mass is 10.1. The molecule has 2 N–H and O–H groups in total. The van der Waals surface area contributed by atoms with Crippen LogP contribution < -0.4 is 5.73 Å². The van der Waals surface area contributed by atoms with Crippen LogP contribution >= 0.6 is 0 Å². The van der Waals surface area contributed by atoms with E-state index < -0.39 is 0 Å². The quantitative estimate of drug-likeness (QED) is 0.869. The summed E-state index contributed by atoms with van der Waals surface area (Å²) in [6.45, 7) is 0.559. The van der Waals surface area contributed by atoms with Crippen LogP contribution in [0.5, 0.6) is 0 Å². The molecule has 0 aliphatic heterocycles. The molecule has 1 aromatic carbocycles. The number of ether oxygens (including phenoxy) is 1. The first-order chi connectivity index (χ1) is 9.83. The Hall–Kier alpha value is -1.45. The van der Waals surface area contributed by atoms with Crippen molar-refractivity contribution in [2.45, 2.75) is 50.9 Å². The van der Waals surface area contributed by atoms with Crippen molar-refractivity contribution in [3.63, 3.8) is 0 Å². The Morgan fingerprint density at radius 1 is 1.05 bits per heavy atom. The highest BCUT2D eigenvalue weighted by molar-refractivity contribution is 5.78. The Kier molecular flexibility index (Phi) is 4.28. The largest absolute Gasteiger partial charge is 0.370 e. The number of benzene rings is 1. The molecule has 1 aromatic heterocycles. The van der Waals surface area contributed by atoms with E-state index in [0.717, 1.165) is 24.1 Å². The number of fused-ring (bicyclic) bond motifs is 1. The summed E-state index contributed by atoms with van der Waals surface area (Å²) in [5.74, 6) is 0. The van der Waals surface area contributed by atoms with E-state index in [4.69, 9.17) is 10.5 Å². The molecular weight excluding hydrogens is 248 g/mol. The van der Waals surface area contributed by atoms with Crippen LogP contribution in [-0.2, 0) is 11.3 Å². The molecule has 1 heterocycles. The monoisotopic (exact) mass is 270 g/mol. The predicted octanol–water partition coefficient (Wildman–Crippen LogP) is 3.41. The van der Waals surface area contributed by atoms with Gasteiger partial charge in [0, 0.05) is 11.4 Å². The molecule has 1 aliphatic carbocycles. The van der Waals surface area contributed by atoms with Crippen LogP contribution in [0.3, 0.4) is 0 Å². The van der Waals surface area contributed by atoms with E-state index in [1.54, 1.807) is 0 Å². The molecule has 2 unspecified atom stereocenters. The lowest BCUT2D eigenvalue weighted by molar-refractivity contribution is 0.0179. The van der Waals surface area contributed by atoms with Gasteiger partial charge in [0.25, 0.3) is 0 Å². The van der Waals surface area contributed by atoms with Gasteiger partial charge in [-0.3, -0.25) is 4.98 Å². The van der Waals surface area contributed by atoms with Gasteiger partial charge in [-0.25, -0.2) is 0 Å². The molecule has 1 aliphatic rings. The van der Waals surface area contributed by atoms with Crippen LogP contribution in [0.25, 0.3) is 10.9 Å². The zero-order chi connectivity index (χ0) is 13.8. The highest BCUT2D eigenvalue weighted by Crippen LogP contribution is 2.20. The maximum absolute atomic E-state index is 6.19. The van der Waals surface area contributed by atoms with Crippen LogP contribution in [0.1, 0.15) is 37.8 Å². The molecule has 20 heavy (non-hydrogen) atoms. The maximum Gasteiger partial charge on any atom is 0.0892 e. The fourth-order valence-electron chi connectivity index (χ4n) is 2.89. The zero-order valence-electron chi connectivity index (χ0n) is 11.8. The molecule has 3 nitrogen and oxygen atoms in total. The Morgan fingerprint density at radius 3 is 2.85 bits per heavy atom. The maximum atomic E-state index is 6.19. The van der Waals surface area contributed by atoms with Gasteiger partial charge in [-0.1, -0.05) is 43.5 Å². The molecule has 0 amide bonds. The molecular formula is C17H22N2O. The third-order valence-corrected chi connectivity index (χ3v) is 4.11. The molecule has 2 atom stereocenters. The first-order valence-electron chi connectivity index (χ1n) is 7.55. The molecule has 0 bridgehead atoms. The van der Waals surface area contributed by atoms with Crippen molar-refractivity contribution in [1.82, 2.24) is 4.98 Å². The Balaban J connectivity index is 1.66. The first kappa shape index (κ1) is 13.5. The summed E-state index contributed by atoms with van der Waals surface area (Å²) in [5.41, 5.74) is 8.20. The average molecular weight is 270 g/mol. The van der Waals surface area contributed by atoms with E-state index in [-0.39, 0.29) is 12.1 Å². The van der Waals surface area contributed by atoms with Crippen molar-refractivity contribution in [1.29, 1.82) is 0 Å². The van der Waals surface area contributed by atoms with E-state index in [1.165, 1.54) is 24.6 Å². The highest BCUT2D eigenvalue weighted by Gasteiger charge is 2.20. The van der Waals surface area contributed by atoms with E-state index in [0.29, 0.717) is 6.61 Å². The van der Waals surface area contributed by atoms with Crippen LogP contribution in [0.2, 0.25) is 0 Å². The van der Waals surface area contributed by atoms with E-state index in [2.05, 4.69) is 17.1 Å². The van der Waals surface area contributed by atoms with Gasteiger partial charge >= 0.3 is 0 Å². The summed E-state index contributed by atoms with van der Waals surface area (Å²) in [7, 11) is 0. The minimum atomic E-state index is 0.179. The molecule has 0 saturated heterocycles. The summed E-state index contributed by atoms with van der Waals surface area (Å²) in [5, 5.41) is 1.17. The number of para-hydroxylation sites is 1. The van der Waals surface area contributed by atoms with E-state index in [9.17, 15) is 0 Å². The topological polar surface area (TPSA) is 48.1 Å². The smallest absolute Gasteiger partial charge is 0.0892 e. The second-order valence-electron chi connectivity index (χ2n) is 5.65. The lowest BCUT2D eigenvalue weighted by Crippen LogP contribution is -2.35. The summed E-state index contributed by atoms with van der Waals surface area (Å²) in [6, 6.07) is 12.5. The third-order valence-electron chi connectivity index (χ3n) is 4.11. The number of hydrogen-bond acceptors (Lipinski definition) is 3. The molecule has 0 spiro atoms. The van der Waals surface area contributed by atoms with Crippen molar-refractivity contribution in [3.05, 3.63) is 42.1 Å². The SMILES string of the molecule is NC1CCCCCC1OCc1ccc2ccccc2n1. The summed E-state index contributed by atoms with van der Waals surface area (Å²) in [4.78, 5) is 4.64. The van der Waals surface area contributed by atoms with Crippen LogP contribution in [0.15, 0.2) is 36.4 Å². The van der Waals surface area contributed by atoms with Crippen molar-refractivity contribution < 1.29 is 4.74 Å². The van der Waals surface area contributed by atoms with Crippen molar-refractivity contribution in [2.75, 3.05) is 0 Å². The van der Waals surface area contributed by atoms with Gasteiger partial charge in [0.15, 0.2) is 0 Å². The third kappa shape index (κ3) is 3.17. The predicted molar refractivity (Wildman–Crippen MR) is 81.4 cm³/mol. The van der Waals surface area contributed by atoms with E-state index >= 15 is 0 Å². The van der Waals surface area contributed by atoms with Gasteiger partial charge < -0.3 is 10.5 Å². The standard InChI is InChI=1S/C17H22N2O/c18-15-7-2-1-3-9-17(15)20-12-14-11-10-13-6-4-5-8-16(13)19-14/h4-6,8,10-11,15,17H,1-3,7,9,12,18H2. The Labute approximate surface area is 120 Å². The second kappa shape index (κ2) is 6.33. The number of nitrogens with two attached hydrogens (primary N) is 1. The fourth-order valence-corrected chi connectivity index (χ4v) is 2.89. The molecule has 3 heteroatoms. The number of aromatic nitrogens is 1. The molecule has 106 valence electrons. The number of pyridine rings is 1. The van der Waals surface area contributed by atoms with Crippen LogP contribution in [-0.4, -0.2) is 17.1 Å².